The Hall–Kier alpha value is -0.910. The summed E-state index contributed by atoms with van der Waals surface area (Å²) in [5.41, 5.74) is 0. The van der Waals surface area contributed by atoms with Crippen molar-refractivity contribution in [1.29, 1.82) is 0 Å². The number of hydrogen-bond acceptors (Lipinski definition) is 3. The lowest BCUT2D eigenvalue weighted by Crippen LogP contribution is -2.48. The molecule has 102 valence electrons. The van der Waals surface area contributed by atoms with Gasteiger partial charge in [-0.1, -0.05) is 0 Å². The normalized spacial score (nSPS) is 20.4. The maximum atomic E-state index is 12.1. The van der Waals surface area contributed by atoms with Crippen LogP contribution in [0.5, 0.6) is 0 Å². The zero-order chi connectivity index (χ0) is 13.0. The van der Waals surface area contributed by atoms with Crippen LogP contribution >= 0.6 is 11.8 Å². The first-order valence-electron chi connectivity index (χ1n) is 6.50. The van der Waals surface area contributed by atoms with Crippen LogP contribution in [-0.4, -0.2) is 52.6 Å². The van der Waals surface area contributed by atoms with Crippen LogP contribution in [0.4, 0.5) is 4.79 Å². The molecule has 0 aromatic rings. The summed E-state index contributed by atoms with van der Waals surface area (Å²) >= 11 is 1.91. The molecule has 0 spiro atoms. The van der Waals surface area contributed by atoms with Gasteiger partial charge in [-0.25, -0.2) is 4.79 Å². The summed E-state index contributed by atoms with van der Waals surface area (Å²) in [5, 5.41) is 11.8. The molecule has 0 aromatic heterocycles. The number of carboxylic acid groups (broad SMARTS) is 1. The van der Waals surface area contributed by atoms with E-state index in [0.29, 0.717) is 12.5 Å². The molecule has 0 bridgehead atoms. The maximum absolute atomic E-state index is 12.1. The molecule has 2 amide bonds. The second kappa shape index (κ2) is 6.31. The zero-order valence-corrected chi connectivity index (χ0v) is 11.2. The van der Waals surface area contributed by atoms with Gasteiger partial charge >= 0.3 is 12.0 Å². The van der Waals surface area contributed by atoms with Crippen LogP contribution in [-0.2, 0) is 4.79 Å². The van der Waals surface area contributed by atoms with E-state index in [1.807, 2.05) is 11.8 Å². The number of amides is 2. The molecule has 1 saturated carbocycles. The van der Waals surface area contributed by atoms with Gasteiger partial charge in [0.25, 0.3) is 0 Å². The second-order valence-corrected chi connectivity index (χ2v) is 6.28. The molecule has 2 aliphatic rings. The fourth-order valence-electron chi connectivity index (χ4n) is 2.10. The number of carboxylic acids is 1. The predicted molar refractivity (Wildman–Crippen MR) is 70.8 cm³/mol. The smallest absolute Gasteiger partial charge is 0.323 e. The van der Waals surface area contributed by atoms with Gasteiger partial charge in [0.15, 0.2) is 0 Å². The standard InChI is InChI=1S/C12H20N2O3S/c15-11(16)8-14(7-9-1-2-9)12(17)13-10-3-5-18-6-4-10/h9-10H,1-8H2,(H,13,17)(H,15,16). The number of rotatable bonds is 5. The molecule has 0 unspecified atom stereocenters. The highest BCUT2D eigenvalue weighted by Crippen LogP contribution is 2.29. The molecular weight excluding hydrogens is 252 g/mol. The molecule has 18 heavy (non-hydrogen) atoms. The van der Waals surface area contributed by atoms with Crippen molar-refractivity contribution in [3.63, 3.8) is 0 Å². The van der Waals surface area contributed by atoms with Crippen molar-refractivity contribution < 1.29 is 14.7 Å². The first kappa shape index (κ1) is 13.5. The monoisotopic (exact) mass is 272 g/mol. The highest BCUT2D eigenvalue weighted by molar-refractivity contribution is 7.99. The SMILES string of the molecule is O=C(O)CN(CC1CC1)C(=O)NC1CCSCC1. The fraction of sp³-hybridized carbons (Fsp3) is 0.833. The van der Waals surface area contributed by atoms with E-state index in [9.17, 15) is 9.59 Å². The van der Waals surface area contributed by atoms with Crippen molar-refractivity contribution in [3.05, 3.63) is 0 Å². The number of carbonyl (C=O) groups is 2. The van der Waals surface area contributed by atoms with Gasteiger partial charge in [-0.05, 0) is 43.1 Å². The van der Waals surface area contributed by atoms with Gasteiger partial charge < -0.3 is 15.3 Å². The average molecular weight is 272 g/mol. The summed E-state index contributed by atoms with van der Waals surface area (Å²) in [6, 6.07) is 0.00967. The zero-order valence-electron chi connectivity index (χ0n) is 10.4. The number of nitrogens with one attached hydrogen (secondary N) is 1. The topological polar surface area (TPSA) is 69.6 Å². The first-order chi connectivity index (χ1) is 8.65. The Morgan fingerprint density at radius 3 is 2.44 bits per heavy atom. The highest BCUT2D eigenvalue weighted by Gasteiger charge is 2.29. The van der Waals surface area contributed by atoms with Gasteiger partial charge in [-0.2, -0.15) is 11.8 Å². The second-order valence-electron chi connectivity index (χ2n) is 5.05. The first-order valence-corrected chi connectivity index (χ1v) is 7.65. The number of urea groups is 1. The van der Waals surface area contributed by atoms with E-state index in [0.717, 1.165) is 37.2 Å². The minimum atomic E-state index is -0.940. The highest BCUT2D eigenvalue weighted by atomic mass is 32.2. The van der Waals surface area contributed by atoms with Crippen LogP contribution in [0.3, 0.4) is 0 Å². The van der Waals surface area contributed by atoms with E-state index in [1.165, 1.54) is 4.90 Å². The van der Waals surface area contributed by atoms with Crippen molar-refractivity contribution in [1.82, 2.24) is 10.2 Å². The maximum Gasteiger partial charge on any atom is 0.323 e. The van der Waals surface area contributed by atoms with Gasteiger partial charge in [-0.15, -0.1) is 0 Å². The number of hydrogen-bond donors (Lipinski definition) is 2. The minimum absolute atomic E-state index is 0.191. The summed E-state index contributed by atoms with van der Waals surface area (Å²) in [6.07, 6.45) is 4.20. The third kappa shape index (κ3) is 4.40. The Kier molecular flexibility index (Phi) is 4.74. The molecule has 0 aromatic carbocycles. The van der Waals surface area contributed by atoms with Crippen LogP contribution < -0.4 is 5.32 Å². The predicted octanol–water partition coefficient (Wildman–Crippen LogP) is 1.39. The largest absolute Gasteiger partial charge is 0.480 e. The number of aliphatic carboxylic acids is 1. The lowest BCUT2D eigenvalue weighted by atomic mass is 10.1. The van der Waals surface area contributed by atoms with Crippen LogP contribution in [0.1, 0.15) is 25.7 Å². The van der Waals surface area contributed by atoms with E-state index >= 15 is 0 Å². The molecule has 0 radical (unpaired) electrons. The Balaban J connectivity index is 1.82. The number of thioether (sulfide) groups is 1. The summed E-state index contributed by atoms with van der Waals surface area (Å²) in [7, 11) is 0. The lowest BCUT2D eigenvalue weighted by molar-refractivity contribution is -0.137. The Morgan fingerprint density at radius 1 is 1.22 bits per heavy atom. The van der Waals surface area contributed by atoms with Gasteiger partial charge in [0.1, 0.15) is 6.54 Å². The molecule has 2 fully saturated rings. The minimum Gasteiger partial charge on any atom is -0.480 e. The van der Waals surface area contributed by atoms with E-state index in [2.05, 4.69) is 5.32 Å². The lowest BCUT2D eigenvalue weighted by Gasteiger charge is -2.27. The molecule has 5 nitrogen and oxygen atoms in total. The number of carbonyl (C=O) groups excluding carboxylic acids is 1. The summed E-state index contributed by atoms with van der Waals surface area (Å²) in [4.78, 5) is 24.3. The van der Waals surface area contributed by atoms with Crippen molar-refractivity contribution in [3.8, 4) is 0 Å². The van der Waals surface area contributed by atoms with Crippen LogP contribution in [0.25, 0.3) is 0 Å². The fourth-order valence-corrected chi connectivity index (χ4v) is 3.21. The van der Waals surface area contributed by atoms with Crippen molar-refractivity contribution >= 4 is 23.8 Å². The molecule has 2 N–H and O–H groups in total. The average Bonchev–Trinajstić information content (AvgIpc) is 3.13. The molecule has 2 rings (SSSR count). The van der Waals surface area contributed by atoms with Gasteiger partial charge in [0, 0.05) is 12.6 Å². The molecule has 1 saturated heterocycles. The van der Waals surface area contributed by atoms with E-state index in [4.69, 9.17) is 5.11 Å². The Labute approximate surface area is 111 Å². The summed E-state index contributed by atoms with van der Waals surface area (Å²) < 4.78 is 0. The van der Waals surface area contributed by atoms with E-state index in [-0.39, 0.29) is 18.6 Å². The third-order valence-electron chi connectivity index (χ3n) is 3.34. The Bertz CT molecular complexity index is 314. The van der Waals surface area contributed by atoms with Crippen LogP contribution in [0.2, 0.25) is 0 Å². The van der Waals surface area contributed by atoms with Gasteiger partial charge in [-0.3, -0.25) is 4.79 Å². The summed E-state index contributed by atoms with van der Waals surface area (Å²) in [6.45, 7) is 0.392. The number of nitrogens with zero attached hydrogens (tertiary/aromatic N) is 1. The molecular formula is C12H20N2O3S. The molecule has 1 aliphatic heterocycles. The van der Waals surface area contributed by atoms with E-state index in [1.54, 1.807) is 0 Å². The third-order valence-corrected chi connectivity index (χ3v) is 4.39. The molecule has 1 aliphatic carbocycles. The van der Waals surface area contributed by atoms with Crippen LogP contribution in [0, 0.1) is 5.92 Å². The Morgan fingerprint density at radius 2 is 1.89 bits per heavy atom. The molecule has 0 atom stereocenters. The van der Waals surface area contributed by atoms with Gasteiger partial charge in [0.2, 0.25) is 0 Å². The van der Waals surface area contributed by atoms with Crippen LogP contribution in [0.15, 0.2) is 0 Å². The van der Waals surface area contributed by atoms with E-state index < -0.39 is 5.97 Å². The summed E-state index contributed by atoms with van der Waals surface area (Å²) in [5.74, 6) is 1.72. The van der Waals surface area contributed by atoms with Crippen molar-refractivity contribution in [2.45, 2.75) is 31.7 Å². The molecule has 1 heterocycles. The van der Waals surface area contributed by atoms with Crippen molar-refractivity contribution in [2.75, 3.05) is 24.6 Å². The molecule has 6 heteroatoms. The quantitative estimate of drug-likeness (QED) is 0.793. The van der Waals surface area contributed by atoms with Gasteiger partial charge in [0.05, 0.1) is 0 Å². The van der Waals surface area contributed by atoms with Crippen molar-refractivity contribution in [2.24, 2.45) is 5.92 Å².